The van der Waals surface area contributed by atoms with Crippen LogP contribution in [0.5, 0.6) is 0 Å². The van der Waals surface area contributed by atoms with Gasteiger partial charge in [0.15, 0.2) is 0 Å². The fourth-order valence-corrected chi connectivity index (χ4v) is 7.02. The van der Waals surface area contributed by atoms with Gasteiger partial charge in [0.25, 0.3) is 0 Å². The van der Waals surface area contributed by atoms with Crippen LogP contribution in [0.2, 0.25) is 0 Å². The van der Waals surface area contributed by atoms with E-state index in [4.69, 9.17) is 8.83 Å². The van der Waals surface area contributed by atoms with E-state index in [2.05, 4.69) is 24.3 Å². The Morgan fingerprint density at radius 1 is 0.468 bits per heavy atom. The summed E-state index contributed by atoms with van der Waals surface area (Å²) in [6.45, 7) is 0. The van der Waals surface area contributed by atoms with Crippen LogP contribution in [-0.2, 0) is 0 Å². The highest BCUT2D eigenvalue weighted by molar-refractivity contribution is 6.20. The molecule has 2 aromatic heterocycles. The van der Waals surface area contributed by atoms with E-state index in [1.165, 1.54) is 0 Å². The molecule has 0 atom stereocenters. The molecule has 3 nitrogen and oxygen atoms in total. The molecule has 10 rings (SSSR count). The largest absolute Gasteiger partial charge is 0.455 e. The quantitative estimate of drug-likeness (QED) is 0.200. The summed E-state index contributed by atoms with van der Waals surface area (Å²) in [6, 6.07) is 44.8. The minimum Gasteiger partial charge on any atom is -0.455 e. The van der Waals surface area contributed by atoms with Crippen molar-refractivity contribution in [3.8, 4) is 11.1 Å². The molecule has 0 amide bonds. The molecule has 10 aromatic rings. The first-order chi connectivity index (χ1) is 25.0. The van der Waals surface area contributed by atoms with E-state index in [-0.39, 0.29) is 35.4 Å². The Balaban J connectivity index is 1.34. The molecule has 220 valence electrons. The highest BCUT2D eigenvalue weighted by Crippen LogP contribution is 2.47. The van der Waals surface area contributed by atoms with Gasteiger partial charge < -0.3 is 13.7 Å². The van der Waals surface area contributed by atoms with Crippen molar-refractivity contribution in [2.75, 3.05) is 4.90 Å². The number of furan rings is 2. The van der Waals surface area contributed by atoms with Gasteiger partial charge in [0.05, 0.1) is 22.2 Å². The molecule has 8 aromatic carbocycles. The molecule has 0 aliphatic carbocycles. The SMILES string of the molecule is [2H]c1c([2H])c(-c2cccc3c2oc2ccccc23)c([2H])c(N(c2cccc3ccccc23)c2cccc3oc4c5ccccc5ccc4c23)c1[2H]. The maximum Gasteiger partial charge on any atom is 0.143 e. The number of nitrogens with zero attached hydrogens (tertiary/aromatic N) is 1. The fraction of sp³-hybridized carbons (Fsp3) is 0. The number of para-hydroxylation sites is 2. The van der Waals surface area contributed by atoms with E-state index in [9.17, 15) is 5.48 Å². The van der Waals surface area contributed by atoms with Crippen molar-refractivity contribution in [3.05, 3.63) is 164 Å². The van der Waals surface area contributed by atoms with Gasteiger partial charge in [-0.05, 0) is 58.8 Å². The lowest BCUT2D eigenvalue weighted by molar-refractivity contribution is 0.670. The summed E-state index contributed by atoms with van der Waals surface area (Å²) < 4.78 is 50.7. The molecule has 0 N–H and O–H groups in total. The van der Waals surface area contributed by atoms with Crippen LogP contribution in [0.25, 0.3) is 76.5 Å². The van der Waals surface area contributed by atoms with Crippen LogP contribution in [0.3, 0.4) is 0 Å². The lowest BCUT2D eigenvalue weighted by Crippen LogP contribution is -2.11. The van der Waals surface area contributed by atoms with E-state index in [0.29, 0.717) is 28.0 Å². The molecule has 0 saturated heterocycles. The van der Waals surface area contributed by atoms with E-state index in [1.54, 1.807) is 0 Å². The molecule has 3 heteroatoms. The summed E-state index contributed by atoms with van der Waals surface area (Å²) in [5.41, 5.74) is 5.05. The summed E-state index contributed by atoms with van der Waals surface area (Å²) >= 11 is 0. The van der Waals surface area contributed by atoms with Crippen LogP contribution in [0, 0.1) is 0 Å². The van der Waals surface area contributed by atoms with Crippen molar-refractivity contribution in [1.82, 2.24) is 0 Å². The Kier molecular flexibility index (Phi) is 4.78. The predicted octanol–water partition coefficient (Wildman–Crippen LogP) is 12.9. The third kappa shape index (κ3) is 3.93. The fourth-order valence-electron chi connectivity index (χ4n) is 7.02. The van der Waals surface area contributed by atoms with Crippen LogP contribution < -0.4 is 4.90 Å². The summed E-state index contributed by atoms with van der Waals surface area (Å²) in [4.78, 5) is 1.92. The van der Waals surface area contributed by atoms with Crippen LogP contribution in [0.1, 0.15) is 5.48 Å². The maximum absolute atomic E-state index is 9.92. The standard InChI is InChI=1S/C44H27NO2/c1-3-16-32-28(11-1)13-8-21-38(32)45(39-22-10-24-41-42(39)37-26-25-29-12-2-4-17-33(29)44(37)47-41)31-15-7-14-30(27-31)34-19-9-20-36-35-18-5-6-23-40(35)46-43(34)36/h1-27H/i7D,14D,15D,27D. The number of fused-ring (bicyclic) bond motifs is 9. The second kappa shape index (κ2) is 10.1. The van der Waals surface area contributed by atoms with Crippen molar-refractivity contribution in [3.63, 3.8) is 0 Å². The Morgan fingerprint density at radius 2 is 1.13 bits per heavy atom. The molecular weight excluding hydrogens is 574 g/mol. The lowest BCUT2D eigenvalue weighted by Gasteiger charge is -2.28. The average molecular weight is 606 g/mol. The third-order valence-electron chi connectivity index (χ3n) is 9.12. The number of benzene rings is 8. The monoisotopic (exact) mass is 605 g/mol. The normalized spacial score (nSPS) is 13.0. The van der Waals surface area contributed by atoms with Crippen LogP contribution >= 0.6 is 0 Å². The smallest absolute Gasteiger partial charge is 0.143 e. The second-order valence-corrected chi connectivity index (χ2v) is 11.8. The van der Waals surface area contributed by atoms with Gasteiger partial charge in [0, 0.05) is 38.2 Å². The highest BCUT2D eigenvalue weighted by atomic mass is 16.3. The molecule has 0 saturated carbocycles. The van der Waals surface area contributed by atoms with Crippen LogP contribution in [0.15, 0.2) is 173 Å². The number of hydrogen-bond acceptors (Lipinski definition) is 3. The zero-order valence-electron chi connectivity index (χ0n) is 29.0. The summed E-state index contributed by atoms with van der Waals surface area (Å²) in [5, 5.41) is 7.47. The topological polar surface area (TPSA) is 29.5 Å². The molecule has 0 aliphatic rings. The molecule has 0 fully saturated rings. The summed E-state index contributed by atoms with van der Waals surface area (Å²) in [5.74, 6) is 0. The van der Waals surface area contributed by atoms with Gasteiger partial charge in [-0.15, -0.1) is 0 Å². The van der Waals surface area contributed by atoms with E-state index < -0.39 is 0 Å². The molecule has 0 radical (unpaired) electrons. The van der Waals surface area contributed by atoms with Gasteiger partial charge in [0.1, 0.15) is 22.3 Å². The van der Waals surface area contributed by atoms with Gasteiger partial charge in [-0.25, -0.2) is 0 Å². The maximum atomic E-state index is 9.92. The molecule has 2 heterocycles. The Labute approximate surface area is 276 Å². The zero-order chi connectivity index (χ0) is 34.4. The van der Waals surface area contributed by atoms with E-state index >= 15 is 0 Å². The Morgan fingerprint density at radius 3 is 2.04 bits per heavy atom. The van der Waals surface area contributed by atoms with Crippen molar-refractivity contribution in [1.29, 1.82) is 0 Å². The van der Waals surface area contributed by atoms with Gasteiger partial charge in [-0.3, -0.25) is 0 Å². The second-order valence-electron chi connectivity index (χ2n) is 11.8. The molecular formula is C44H27NO2. The van der Waals surface area contributed by atoms with Gasteiger partial charge in [-0.2, -0.15) is 0 Å². The molecule has 0 bridgehead atoms. The van der Waals surface area contributed by atoms with Crippen molar-refractivity contribution < 1.29 is 14.3 Å². The Bertz CT molecular complexity index is 3050. The first-order valence-corrected chi connectivity index (χ1v) is 15.6. The first-order valence-electron chi connectivity index (χ1n) is 17.6. The van der Waals surface area contributed by atoms with Crippen molar-refractivity contribution >= 4 is 82.5 Å². The number of rotatable bonds is 4. The summed E-state index contributed by atoms with van der Waals surface area (Å²) in [6.07, 6.45) is 0. The number of anilines is 3. The van der Waals surface area contributed by atoms with Crippen molar-refractivity contribution in [2.24, 2.45) is 0 Å². The number of hydrogen-bond donors (Lipinski definition) is 0. The zero-order valence-corrected chi connectivity index (χ0v) is 25.0. The molecule has 47 heavy (non-hydrogen) atoms. The highest BCUT2D eigenvalue weighted by Gasteiger charge is 2.22. The first kappa shape index (κ1) is 22.2. The third-order valence-corrected chi connectivity index (χ3v) is 9.12. The van der Waals surface area contributed by atoms with E-state index in [0.717, 1.165) is 54.4 Å². The summed E-state index contributed by atoms with van der Waals surface area (Å²) in [7, 11) is 0. The molecule has 0 aliphatic heterocycles. The Hall–Kier alpha value is -6.32. The predicted molar refractivity (Wildman–Crippen MR) is 196 cm³/mol. The average Bonchev–Trinajstić information content (AvgIpc) is 3.75. The van der Waals surface area contributed by atoms with Crippen LogP contribution in [-0.4, -0.2) is 0 Å². The van der Waals surface area contributed by atoms with Crippen LogP contribution in [0.4, 0.5) is 17.1 Å². The van der Waals surface area contributed by atoms with E-state index in [1.807, 2.05) is 120 Å². The lowest BCUT2D eigenvalue weighted by atomic mass is 10.00. The van der Waals surface area contributed by atoms with Gasteiger partial charge >= 0.3 is 0 Å². The van der Waals surface area contributed by atoms with Gasteiger partial charge in [-0.1, -0.05) is 121 Å². The molecule has 0 spiro atoms. The van der Waals surface area contributed by atoms with Gasteiger partial charge in [0.2, 0.25) is 0 Å². The minimum atomic E-state index is -0.274. The molecule has 0 unspecified atom stereocenters. The van der Waals surface area contributed by atoms with Crippen molar-refractivity contribution in [2.45, 2.75) is 0 Å². The minimum absolute atomic E-state index is 0.0443.